The van der Waals surface area contributed by atoms with Gasteiger partial charge in [-0.05, 0) is 30.9 Å². The summed E-state index contributed by atoms with van der Waals surface area (Å²) in [6.07, 6.45) is 1.54. The number of hydrogen-bond donors (Lipinski definition) is 1. The molecule has 0 fully saturated rings. The molecule has 3 heterocycles. The summed E-state index contributed by atoms with van der Waals surface area (Å²) >= 11 is 2.87. The van der Waals surface area contributed by atoms with E-state index in [2.05, 4.69) is 10.3 Å². The van der Waals surface area contributed by atoms with Gasteiger partial charge in [-0.2, -0.15) is 0 Å². The van der Waals surface area contributed by atoms with E-state index in [1.807, 2.05) is 31.4 Å². The number of nitrogens with one attached hydrogen (secondary N) is 1. The van der Waals surface area contributed by atoms with Crippen molar-refractivity contribution in [3.63, 3.8) is 0 Å². The van der Waals surface area contributed by atoms with Gasteiger partial charge in [0.05, 0.1) is 23.1 Å². The van der Waals surface area contributed by atoms with E-state index in [1.165, 1.54) is 17.7 Å². The zero-order valence-corrected chi connectivity index (χ0v) is 13.9. The van der Waals surface area contributed by atoms with Gasteiger partial charge < -0.3 is 5.32 Å². The standard InChI is InChI=1S/C15H15N3O2S2/c1-3-18-8-17-14-11(15(18)20)9(2)12(22-14)13(19)16-7-10-5-4-6-21-10/h4-6,8H,3,7H2,1-2H3,(H,16,19). The SMILES string of the molecule is CCn1cnc2sc(C(=O)NCc3cccs3)c(C)c2c1=O. The summed E-state index contributed by atoms with van der Waals surface area (Å²) in [5.41, 5.74) is 0.627. The van der Waals surface area contributed by atoms with Crippen LogP contribution in [-0.4, -0.2) is 15.5 Å². The first-order valence-electron chi connectivity index (χ1n) is 6.91. The molecule has 3 aromatic rings. The molecule has 0 aliphatic carbocycles. The Morgan fingerprint density at radius 3 is 2.95 bits per heavy atom. The van der Waals surface area contributed by atoms with Gasteiger partial charge >= 0.3 is 0 Å². The molecule has 0 unspecified atom stereocenters. The summed E-state index contributed by atoms with van der Waals surface area (Å²) in [5, 5.41) is 5.42. The zero-order valence-electron chi connectivity index (χ0n) is 12.3. The van der Waals surface area contributed by atoms with Crippen LogP contribution in [0.3, 0.4) is 0 Å². The van der Waals surface area contributed by atoms with Crippen LogP contribution in [0.25, 0.3) is 10.2 Å². The maximum Gasteiger partial charge on any atom is 0.262 e. The predicted molar refractivity (Wildman–Crippen MR) is 89.8 cm³/mol. The van der Waals surface area contributed by atoms with E-state index < -0.39 is 0 Å². The molecule has 0 aliphatic rings. The quantitative estimate of drug-likeness (QED) is 0.798. The fraction of sp³-hybridized carbons (Fsp3) is 0.267. The Bertz CT molecular complexity index is 878. The lowest BCUT2D eigenvalue weighted by Gasteiger charge is -2.02. The van der Waals surface area contributed by atoms with Crippen molar-refractivity contribution < 1.29 is 4.79 Å². The molecule has 1 N–H and O–H groups in total. The fourth-order valence-electron chi connectivity index (χ4n) is 2.26. The third-order valence-corrected chi connectivity index (χ3v) is 5.54. The third kappa shape index (κ3) is 2.57. The van der Waals surface area contributed by atoms with Crippen LogP contribution in [0.5, 0.6) is 0 Å². The van der Waals surface area contributed by atoms with E-state index >= 15 is 0 Å². The normalized spacial score (nSPS) is 11.0. The number of aromatic nitrogens is 2. The second-order valence-corrected chi connectivity index (χ2v) is 6.87. The first-order chi connectivity index (χ1) is 10.6. The van der Waals surface area contributed by atoms with Crippen molar-refractivity contribution in [2.75, 3.05) is 0 Å². The van der Waals surface area contributed by atoms with Crippen molar-refractivity contribution in [3.8, 4) is 0 Å². The van der Waals surface area contributed by atoms with Crippen LogP contribution in [-0.2, 0) is 13.1 Å². The van der Waals surface area contributed by atoms with Crippen molar-refractivity contribution in [2.24, 2.45) is 0 Å². The molecule has 22 heavy (non-hydrogen) atoms. The van der Waals surface area contributed by atoms with Crippen LogP contribution in [0.2, 0.25) is 0 Å². The number of aryl methyl sites for hydroxylation is 2. The van der Waals surface area contributed by atoms with Crippen LogP contribution in [0.1, 0.15) is 27.0 Å². The minimum atomic E-state index is -0.156. The monoisotopic (exact) mass is 333 g/mol. The maximum atomic E-state index is 12.4. The van der Waals surface area contributed by atoms with Crippen molar-refractivity contribution in [2.45, 2.75) is 26.9 Å². The molecule has 0 aliphatic heterocycles. The van der Waals surface area contributed by atoms with Crippen molar-refractivity contribution in [3.05, 3.63) is 49.5 Å². The summed E-state index contributed by atoms with van der Waals surface area (Å²) in [6.45, 7) is 4.76. The molecule has 0 spiro atoms. The lowest BCUT2D eigenvalue weighted by molar-refractivity contribution is 0.0955. The van der Waals surface area contributed by atoms with Gasteiger partial charge in [0.25, 0.3) is 11.5 Å². The first-order valence-corrected chi connectivity index (χ1v) is 8.60. The Morgan fingerprint density at radius 1 is 1.45 bits per heavy atom. The van der Waals surface area contributed by atoms with Gasteiger partial charge in [0.2, 0.25) is 0 Å². The Hall–Kier alpha value is -1.99. The maximum absolute atomic E-state index is 12.4. The lowest BCUT2D eigenvalue weighted by Crippen LogP contribution is -2.22. The van der Waals surface area contributed by atoms with E-state index in [4.69, 9.17) is 0 Å². The smallest absolute Gasteiger partial charge is 0.262 e. The molecular formula is C15H15N3O2S2. The topological polar surface area (TPSA) is 64.0 Å². The molecule has 7 heteroatoms. The number of nitrogens with zero attached hydrogens (tertiary/aromatic N) is 2. The van der Waals surface area contributed by atoms with Gasteiger partial charge in [-0.1, -0.05) is 6.07 Å². The summed E-state index contributed by atoms with van der Waals surface area (Å²) in [5.74, 6) is -0.156. The van der Waals surface area contributed by atoms with Gasteiger partial charge in [-0.3, -0.25) is 14.2 Å². The highest BCUT2D eigenvalue weighted by molar-refractivity contribution is 7.20. The number of rotatable bonds is 4. The van der Waals surface area contributed by atoms with Crippen LogP contribution in [0.4, 0.5) is 0 Å². The van der Waals surface area contributed by atoms with E-state index in [9.17, 15) is 9.59 Å². The van der Waals surface area contributed by atoms with Gasteiger partial charge in [-0.15, -0.1) is 22.7 Å². The summed E-state index contributed by atoms with van der Waals surface area (Å²) in [7, 11) is 0. The highest BCUT2D eigenvalue weighted by atomic mass is 32.1. The third-order valence-electron chi connectivity index (χ3n) is 3.47. The minimum absolute atomic E-state index is 0.0847. The van der Waals surface area contributed by atoms with Gasteiger partial charge in [0.15, 0.2) is 0 Å². The van der Waals surface area contributed by atoms with Crippen LogP contribution < -0.4 is 10.9 Å². The number of fused-ring (bicyclic) bond motifs is 1. The molecule has 1 amide bonds. The number of carbonyl (C=O) groups excluding carboxylic acids is 1. The average molecular weight is 333 g/mol. The molecule has 3 rings (SSSR count). The summed E-state index contributed by atoms with van der Waals surface area (Å²) < 4.78 is 1.55. The van der Waals surface area contributed by atoms with Crippen molar-refractivity contribution in [1.29, 1.82) is 0 Å². The lowest BCUT2D eigenvalue weighted by atomic mass is 10.2. The van der Waals surface area contributed by atoms with Crippen molar-refractivity contribution >= 4 is 38.8 Å². The molecule has 5 nitrogen and oxygen atoms in total. The molecular weight excluding hydrogens is 318 g/mol. The highest BCUT2D eigenvalue weighted by Gasteiger charge is 2.19. The summed E-state index contributed by atoms with van der Waals surface area (Å²) in [6, 6.07) is 3.93. The molecule has 0 atom stereocenters. The Morgan fingerprint density at radius 2 is 2.27 bits per heavy atom. The number of amides is 1. The van der Waals surface area contributed by atoms with E-state index in [-0.39, 0.29) is 11.5 Å². The second-order valence-electron chi connectivity index (χ2n) is 4.83. The molecule has 0 saturated carbocycles. The molecule has 0 aromatic carbocycles. The van der Waals surface area contributed by atoms with E-state index in [0.29, 0.717) is 33.7 Å². The van der Waals surface area contributed by atoms with Crippen LogP contribution >= 0.6 is 22.7 Å². The van der Waals surface area contributed by atoms with Crippen molar-refractivity contribution in [1.82, 2.24) is 14.9 Å². The van der Waals surface area contributed by atoms with E-state index in [0.717, 1.165) is 4.88 Å². The fourth-order valence-corrected chi connectivity index (χ4v) is 3.96. The molecule has 3 aromatic heterocycles. The first kappa shape index (κ1) is 14.9. The minimum Gasteiger partial charge on any atom is -0.346 e. The number of hydrogen-bond acceptors (Lipinski definition) is 5. The van der Waals surface area contributed by atoms with Gasteiger partial charge in [0, 0.05) is 11.4 Å². The molecule has 0 saturated heterocycles. The van der Waals surface area contributed by atoms with Crippen LogP contribution in [0, 0.1) is 6.92 Å². The number of carbonyl (C=O) groups is 1. The predicted octanol–water partition coefficient (Wildman–Crippen LogP) is 2.78. The Kier molecular flexibility index (Phi) is 4.08. The van der Waals surface area contributed by atoms with E-state index in [1.54, 1.807) is 15.9 Å². The molecule has 0 radical (unpaired) electrons. The van der Waals surface area contributed by atoms with Gasteiger partial charge in [-0.25, -0.2) is 4.98 Å². The average Bonchev–Trinajstić information content (AvgIpc) is 3.13. The second kappa shape index (κ2) is 6.02. The largest absolute Gasteiger partial charge is 0.346 e. The van der Waals surface area contributed by atoms with Crippen LogP contribution in [0.15, 0.2) is 28.6 Å². The molecule has 114 valence electrons. The number of thiophene rings is 2. The van der Waals surface area contributed by atoms with Gasteiger partial charge in [0.1, 0.15) is 4.83 Å². The zero-order chi connectivity index (χ0) is 15.7. The highest BCUT2D eigenvalue weighted by Crippen LogP contribution is 2.26. The molecule has 0 bridgehead atoms. The Labute approximate surface area is 135 Å². The Balaban J connectivity index is 1.94. The summed E-state index contributed by atoms with van der Waals surface area (Å²) in [4.78, 5) is 31.3.